The van der Waals surface area contributed by atoms with Gasteiger partial charge in [0.2, 0.25) is 0 Å². The van der Waals surface area contributed by atoms with Gasteiger partial charge in [-0.15, -0.1) is 0 Å². The summed E-state index contributed by atoms with van der Waals surface area (Å²) in [6.45, 7) is 4.65. The minimum absolute atomic E-state index is 0.233. The molecule has 0 atom stereocenters. The number of rotatable bonds is 4. The summed E-state index contributed by atoms with van der Waals surface area (Å²) in [5, 5.41) is 3.22. The summed E-state index contributed by atoms with van der Waals surface area (Å²) in [6, 6.07) is 6.35. The zero-order chi connectivity index (χ0) is 13.8. The molecule has 0 saturated heterocycles. The minimum atomic E-state index is -0.238. The Morgan fingerprint density at radius 2 is 1.89 bits per heavy atom. The van der Waals surface area contributed by atoms with Crippen LogP contribution in [0.15, 0.2) is 30.6 Å². The van der Waals surface area contributed by atoms with Crippen molar-refractivity contribution in [3.8, 4) is 0 Å². The highest BCUT2D eigenvalue weighted by Crippen LogP contribution is 2.26. The summed E-state index contributed by atoms with van der Waals surface area (Å²) in [4.78, 5) is 8.22. The molecule has 0 amide bonds. The van der Waals surface area contributed by atoms with Crippen LogP contribution in [0.25, 0.3) is 0 Å². The molecule has 0 aliphatic carbocycles. The third-order valence-electron chi connectivity index (χ3n) is 2.87. The summed E-state index contributed by atoms with van der Waals surface area (Å²) >= 11 is 0. The summed E-state index contributed by atoms with van der Waals surface area (Å²) in [5.41, 5.74) is 7.76. The Kier molecular flexibility index (Phi) is 3.94. The van der Waals surface area contributed by atoms with Gasteiger partial charge in [0.1, 0.15) is 23.8 Å². The minimum Gasteiger partial charge on any atom is -0.383 e. The SMILES string of the molecule is CC(C)c1c(N)ncnc1NCc1ccc(F)cc1. The van der Waals surface area contributed by atoms with Gasteiger partial charge in [-0.25, -0.2) is 14.4 Å². The molecule has 0 fully saturated rings. The Hall–Kier alpha value is -2.17. The first kappa shape index (κ1) is 13.3. The zero-order valence-electron chi connectivity index (χ0n) is 11.0. The maximum Gasteiger partial charge on any atom is 0.135 e. The van der Waals surface area contributed by atoms with E-state index in [1.165, 1.54) is 18.5 Å². The summed E-state index contributed by atoms with van der Waals surface area (Å²) < 4.78 is 12.8. The second-order valence-corrected chi connectivity index (χ2v) is 4.66. The van der Waals surface area contributed by atoms with Crippen LogP contribution >= 0.6 is 0 Å². The van der Waals surface area contributed by atoms with E-state index in [4.69, 9.17) is 5.73 Å². The van der Waals surface area contributed by atoms with Crippen molar-refractivity contribution < 1.29 is 4.39 Å². The number of benzene rings is 1. The van der Waals surface area contributed by atoms with Crippen LogP contribution in [0.3, 0.4) is 0 Å². The fourth-order valence-corrected chi connectivity index (χ4v) is 1.91. The van der Waals surface area contributed by atoms with E-state index in [1.54, 1.807) is 12.1 Å². The first-order chi connectivity index (χ1) is 9.08. The number of anilines is 2. The predicted molar refractivity (Wildman–Crippen MR) is 74.3 cm³/mol. The molecular weight excluding hydrogens is 243 g/mol. The Morgan fingerprint density at radius 1 is 1.21 bits per heavy atom. The normalized spacial score (nSPS) is 10.7. The number of halogens is 1. The molecule has 0 aliphatic heterocycles. The number of hydrogen-bond donors (Lipinski definition) is 2. The lowest BCUT2D eigenvalue weighted by atomic mass is 10.0. The highest BCUT2D eigenvalue weighted by atomic mass is 19.1. The van der Waals surface area contributed by atoms with Gasteiger partial charge in [-0.3, -0.25) is 0 Å². The van der Waals surface area contributed by atoms with E-state index < -0.39 is 0 Å². The first-order valence-electron chi connectivity index (χ1n) is 6.16. The standard InChI is InChI=1S/C14H17FN4/c1-9(2)12-13(16)18-8-19-14(12)17-7-10-3-5-11(15)6-4-10/h3-6,8-9H,7H2,1-2H3,(H3,16,17,18,19). The van der Waals surface area contributed by atoms with Crippen molar-refractivity contribution in [3.63, 3.8) is 0 Å². The summed E-state index contributed by atoms with van der Waals surface area (Å²) in [6.07, 6.45) is 1.44. The van der Waals surface area contributed by atoms with E-state index >= 15 is 0 Å². The van der Waals surface area contributed by atoms with Crippen molar-refractivity contribution in [2.75, 3.05) is 11.1 Å². The van der Waals surface area contributed by atoms with Gasteiger partial charge in [-0.05, 0) is 23.6 Å². The van der Waals surface area contributed by atoms with Gasteiger partial charge < -0.3 is 11.1 Å². The van der Waals surface area contributed by atoms with Crippen LogP contribution in [0.1, 0.15) is 30.9 Å². The van der Waals surface area contributed by atoms with E-state index in [-0.39, 0.29) is 11.7 Å². The van der Waals surface area contributed by atoms with Gasteiger partial charge in [-0.1, -0.05) is 26.0 Å². The fraction of sp³-hybridized carbons (Fsp3) is 0.286. The van der Waals surface area contributed by atoms with Crippen molar-refractivity contribution in [2.24, 2.45) is 0 Å². The molecule has 1 heterocycles. The molecule has 0 aliphatic rings. The molecule has 1 aromatic heterocycles. The van der Waals surface area contributed by atoms with Crippen LogP contribution in [-0.2, 0) is 6.54 Å². The molecule has 0 radical (unpaired) electrons. The lowest BCUT2D eigenvalue weighted by Gasteiger charge is -2.14. The van der Waals surface area contributed by atoms with Crippen molar-refractivity contribution in [2.45, 2.75) is 26.3 Å². The van der Waals surface area contributed by atoms with Crippen LogP contribution in [0, 0.1) is 5.82 Å². The summed E-state index contributed by atoms with van der Waals surface area (Å²) in [5.74, 6) is 1.22. The summed E-state index contributed by atoms with van der Waals surface area (Å²) in [7, 11) is 0. The van der Waals surface area contributed by atoms with E-state index in [2.05, 4.69) is 15.3 Å². The van der Waals surface area contributed by atoms with Gasteiger partial charge in [-0.2, -0.15) is 0 Å². The fourth-order valence-electron chi connectivity index (χ4n) is 1.91. The van der Waals surface area contributed by atoms with Crippen molar-refractivity contribution >= 4 is 11.6 Å². The van der Waals surface area contributed by atoms with Crippen LogP contribution in [0.2, 0.25) is 0 Å². The Bertz CT molecular complexity index is 552. The van der Waals surface area contributed by atoms with Gasteiger partial charge >= 0.3 is 0 Å². The number of nitrogen functional groups attached to an aromatic ring is 1. The second kappa shape index (κ2) is 5.65. The predicted octanol–water partition coefficient (Wildman–Crippen LogP) is 2.93. The lowest BCUT2D eigenvalue weighted by molar-refractivity contribution is 0.627. The quantitative estimate of drug-likeness (QED) is 0.887. The maximum absolute atomic E-state index is 12.8. The highest BCUT2D eigenvalue weighted by molar-refractivity contribution is 5.56. The molecule has 4 nitrogen and oxygen atoms in total. The van der Waals surface area contributed by atoms with Crippen molar-refractivity contribution in [1.82, 2.24) is 9.97 Å². The molecule has 0 saturated carbocycles. The lowest BCUT2D eigenvalue weighted by Crippen LogP contribution is -2.09. The van der Waals surface area contributed by atoms with E-state index in [1.807, 2.05) is 13.8 Å². The molecule has 19 heavy (non-hydrogen) atoms. The van der Waals surface area contributed by atoms with Gasteiger partial charge in [0.25, 0.3) is 0 Å². The van der Waals surface area contributed by atoms with Gasteiger partial charge in [0.15, 0.2) is 0 Å². The molecule has 0 spiro atoms. The van der Waals surface area contributed by atoms with E-state index in [0.717, 1.165) is 16.9 Å². The molecule has 5 heteroatoms. The Labute approximate surface area is 111 Å². The molecule has 100 valence electrons. The largest absolute Gasteiger partial charge is 0.383 e. The van der Waals surface area contributed by atoms with E-state index in [0.29, 0.717) is 12.4 Å². The molecule has 3 N–H and O–H groups in total. The number of nitrogens with zero attached hydrogens (tertiary/aromatic N) is 2. The maximum atomic E-state index is 12.8. The number of aromatic nitrogens is 2. The third kappa shape index (κ3) is 3.19. The monoisotopic (exact) mass is 260 g/mol. The third-order valence-corrected chi connectivity index (χ3v) is 2.87. The number of nitrogens with two attached hydrogens (primary N) is 1. The van der Waals surface area contributed by atoms with Crippen molar-refractivity contribution in [1.29, 1.82) is 0 Å². The molecule has 2 rings (SSSR count). The number of nitrogens with one attached hydrogen (secondary N) is 1. The highest BCUT2D eigenvalue weighted by Gasteiger charge is 2.12. The van der Waals surface area contributed by atoms with Crippen LogP contribution in [0.5, 0.6) is 0 Å². The molecule has 2 aromatic rings. The topological polar surface area (TPSA) is 63.8 Å². The molecule has 0 unspecified atom stereocenters. The van der Waals surface area contributed by atoms with Crippen molar-refractivity contribution in [3.05, 3.63) is 47.5 Å². The van der Waals surface area contributed by atoms with Crippen LogP contribution in [0.4, 0.5) is 16.0 Å². The van der Waals surface area contributed by atoms with Crippen LogP contribution in [-0.4, -0.2) is 9.97 Å². The van der Waals surface area contributed by atoms with Gasteiger partial charge in [0.05, 0.1) is 0 Å². The molecule has 1 aromatic carbocycles. The zero-order valence-corrected chi connectivity index (χ0v) is 11.0. The Balaban J connectivity index is 2.15. The number of hydrogen-bond acceptors (Lipinski definition) is 4. The first-order valence-corrected chi connectivity index (χ1v) is 6.16. The average Bonchev–Trinajstić information content (AvgIpc) is 2.37. The second-order valence-electron chi connectivity index (χ2n) is 4.66. The van der Waals surface area contributed by atoms with E-state index in [9.17, 15) is 4.39 Å². The van der Waals surface area contributed by atoms with Crippen LogP contribution < -0.4 is 11.1 Å². The Morgan fingerprint density at radius 3 is 2.53 bits per heavy atom. The molecule has 0 bridgehead atoms. The molecular formula is C14H17FN4. The van der Waals surface area contributed by atoms with Gasteiger partial charge in [0, 0.05) is 12.1 Å². The average molecular weight is 260 g/mol. The smallest absolute Gasteiger partial charge is 0.135 e.